The molecule has 3 nitrogen and oxygen atoms in total. The van der Waals surface area contributed by atoms with Crippen LogP contribution in [0.3, 0.4) is 0 Å². The summed E-state index contributed by atoms with van der Waals surface area (Å²) in [6.07, 6.45) is 10.5. The minimum Gasteiger partial charge on any atom is -0.330 e. The van der Waals surface area contributed by atoms with Crippen LogP contribution in [-0.2, 0) is 6.54 Å². The van der Waals surface area contributed by atoms with Gasteiger partial charge in [0.05, 0.1) is 11.4 Å². The van der Waals surface area contributed by atoms with E-state index in [1.807, 2.05) is 18.2 Å². The molecule has 1 aromatic rings. The molecule has 20 heavy (non-hydrogen) atoms. The van der Waals surface area contributed by atoms with Crippen LogP contribution in [0.4, 0.5) is 0 Å². The summed E-state index contributed by atoms with van der Waals surface area (Å²) in [7, 11) is 0. The summed E-state index contributed by atoms with van der Waals surface area (Å²) in [5, 5.41) is 12.5. The van der Waals surface area contributed by atoms with Gasteiger partial charge in [0.25, 0.3) is 0 Å². The quantitative estimate of drug-likeness (QED) is 0.849. The van der Waals surface area contributed by atoms with E-state index in [1.54, 1.807) is 0 Å². The molecule has 1 fully saturated rings. The highest BCUT2D eigenvalue weighted by Gasteiger charge is 2.22. The van der Waals surface area contributed by atoms with Crippen molar-refractivity contribution in [2.24, 2.45) is 0 Å². The molecule has 2 atom stereocenters. The number of hydrogen-bond acceptors (Lipinski definition) is 2. The third kappa shape index (κ3) is 2.54. The Balaban J connectivity index is 2.03. The molecule has 0 aromatic carbocycles. The van der Waals surface area contributed by atoms with E-state index in [2.05, 4.69) is 28.1 Å². The summed E-state index contributed by atoms with van der Waals surface area (Å²) in [6, 6.07) is 4.51. The van der Waals surface area contributed by atoms with E-state index in [0.717, 1.165) is 18.8 Å². The van der Waals surface area contributed by atoms with Crippen LogP contribution >= 0.6 is 11.6 Å². The fourth-order valence-corrected chi connectivity index (χ4v) is 3.20. The summed E-state index contributed by atoms with van der Waals surface area (Å²) in [6.45, 7) is 2.50. The number of piperidine rings is 1. The Morgan fingerprint density at radius 2 is 2.25 bits per heavy atom. The Hall–Kier alpha value is -1.50. The predicted molar refractivity (Wildman–Crippen MR) is 82.6 cm³/mol. The van der Waals surface area contributed by atoms with Crippen LogP contribution in [0.5, 0.6) is 0 Å². The zero-order valence-electron chi connectivity index (χ0n) is 11.3. The molecular formula is C16H18ClN3. The molecule has 1 aliphatic heterocycles. The topological polar surface area (TPSA) is 40.8 Å². The van der Waals surface area contributed by atoms with Gasteiger partial charge in [0.15, 0.2) is 0 Å². The lowest BCUT2D eigenvalue weighted by molar-refractivity contribution is 0.444. The Morgan fingerprint density at radius 3 is 3.00 bits per heavy atom. The summed E-state index contributed by atoms with van der Waals surface area (Å²) in [5.41, 5.74) is 3.54. The first-order valence-electron chi connectivity index (χ1n) is 7.11. The SMILES string of the molecule is N#CCn1c(C2CCCNC2)cc2c1C=CC(Cl)C=C2. The Morgan fingerprint density at radius 1 is 1.40 bits per heavy atom. The smallest absolute Gasteiger partial charge is 0.110 e. The third-order valence-electron chi connectivity index (χ3n) is 4.04. The lowest BCUT2D eigenvalue weighted by atomic mass is 9.96. The van der Waals surface area contributed by atoms with Crippen LogP contribution in [0, 0.1) is 11.3 Å². The number of alkyl halides is 1. The van der Waals surface area contributed by atoms with Crippen molar-refractivity contribution in [2.45, 2.75) is 30.7 Å². The highest BCUT2D eigenvalue weighted by Crippen LogP contribution is 2.31. The molecule has 0 amide bonds. The third-order valence-corrected chi connectivity index (χ3v) is 4.33. The zero-order chi connectivity index (χ0) is 13.9. The molecule has 1 aromatic heterocycles. The molecule has 0 spiro atoms. The van der Waals surface area contributed by atoms with Crippen LogP contribution < -0.4 is 5.32 Å². The molecule has 104 valence electrons. The first kappa shape index (κ1) is 13.5. The molecule has 3 rings (SSSR count). The number of aromatic nitrogens is 1. The number of nitrogens with one attached hydrogen (secondary N) is 1. The van der Waals surface area contributed by atoms with Crippen molar-refractivity contribution < 1.29 is 0 Å². The molecule has 2 aliphatic rings. The highest BCUT2D eigenvalue weighted by atomic mass is 35.5. The van der Waals surface area contributed by atoms with E-state index in [-0.39, 0.29) is 5.38 Å². The molecular weight excluding hydrogens is 270 g/mol. The van der Waals surface area contributed by atoms with Crippen LogP contribution in [0.25, 0.3) is 12.2 Å². The maximum absolute atomic E-state index is 9.13. The molecule has 4 heteroatoms. The van der Waals surface area contributed by atoms with E-state index in [0.29, 0.717) is 12.5 Å². The number of hydrogen-bond donors (Lipinski definition) is 1. The number of fused-ring (bicyclic) bond motifs is 1. The van der Waals surface area contributed by atoms with Gasteiger partial charge in [-0.3, -0.25) is 0 Å². The number of halogens is 1. The monoisotopic (exact) mass is 287 g/mol. The van der Waals surface area contributed by atoms with E-state index < -0.39 is 0 Å². The van der Waals surface area contributed by atoms with Crippen molar-refractivity contribution in [3.63, 3.8) is 0 Å². The van der Waals surface area contributed by atoms with Crippen LogP contribution in [0.2, 0.25) is 0 Å². The normalized spacial score (nSPS) is 25.0. The molecule has 1 aliphatic carbocycles. The minimum absolute atomic E-state index is 0.0715. The molecule has 0 saturated carbocycles. The van der Waals surface area contributed by atoms with Gasteiger partial charge in [0.1, 0.15) is 6.54 Å². The molecule has 0 radical (unpaired) electrons. The van der Waals surface area contributed by atoms with Crippen molar-refractivity contribution in [1.82, 2.24) is 9.88 Å². The van der Waals surface area contributed by atoms with Gasteiger partial charge in [-0.25, -0.2) is 0 Å². The second-order valence-corrected chi connectivity index (χ2v) is 5.86. The summed E-state index contributed by atoms with van der Waals surface area (Å²) in [4.78, 5) is 0. The van der Waals surface area contributed by atoms with E-state index in [4.69, 9.17) is 16.9 Å². The van der Waals surface area contributed by atoms with E-state index in [9.17, 15) is 0 Å². The van der Waals surface area contributed by atoms with Gasteiger partial charge in [-0.15, -0.1) is 11.6 Å². The van der Waals surface area contributed by atoms with Crippen molar-refractivity contribution in [3.8, 4) is 6.07 Å². The number of nitrogens with zero attached hydrogens (tertiary/aromatic N) is 2. The van der Waals surface area contributed by atoms with Crippen LogP contribution in [0.1, 0.15) is 35.7 Å². The van der Waals surface area contributed by atoms with Gasteiger partial charge in [-0.2, -0.15) is 5.26 Å². The number of rotatable bonds is 2. The first-order chi connectivity index (χ1) is 9.79. The Bertz CT molecular complexity index is 586. The fraction of sp³-hybridized carbons (Fsp3) is 0.438. The summed E-state index contributed by atoms with van der Waals surface area (Å²) in [5.74, 6) is 0.498. The molecule has 2 heterocycles. The Labute approximate surface area is 124 Å². The van der Waals surface area contributed by atoms with E-state index in [1.165, 1.54) is 24.1 Å². The number of nitriles is 1. The maximum Gasteiger partial charge on any atom is 0.110 e. The minimum atomic E-state index is -0.0715. The number of allylic oxidation sites excluding steroid dienone is 2. The molecule has 1 N–H and O–H groups in total. The van der Waals surface area contributed by atoms with Gasteiger partial charge in [0.2, 0.25) is 0 Å². The van der Waals surface area contributed by atoms with Gasteiger partial charge < -0.3 is 9.88 Å². The first-order valence-corrected chi connectivity index (χ1v) is 7.55. The highest BCUT2D eigenvalue weighted by molar-refractivity contribution is 6.23. The van der Waals surface area contributed by atoms with Crippen molar-refractivity contribution in [3.05, 3.63) is 35.2 Å². The second kappa shape index (κ2) is 5.87. The predicted octanol–water partition coefficient (Wildman–Crippen LogP) is 3.13. The zero-order valence-corrected chi connectivity index (χ0v) is 12.1. The van der Waals surface area contributed by atoms with Crippen LogP contribution in [0.15, 0.2) is 18.2 Å². The van der Waals surface area contributed by atoms with Gasteiger partial charge in [-0.1, -0.05) is 18.2 Å². The lowest BCUT2D eigenvalue weighted by Crippen LogP contribution is -2.29. The summed E-state index contributed by atoms with van der Waals surface area (Å²) >= 11 is 6.13. The standard InChI is InChI=1S/C16H18ClN3/c17-14-4-3-12-10-16(13-2-1-8-19-11-13)20(9-7-18)15(12)6-5-14/h3-6,10,13-14,19H,1-2,8-9,11H2. The second-order valence-electron chi connectivity index (χ2n) is 5.36. The van der Waals surface area contributed by atoms with Crippen molar-refractivity contribution in [1.29, 1.82) is 5.26 Å². The van der Waals surface area contributed by atoms with Gasteiger partial charge in [0, 0.05) is 23.9 Å². The molecule has 2 unspecified atom stereocenters. The van der Waals surface area contributed by atoms with E-state index >= 15 is 0 Å². The molecule has 1 saturated heterocycles. The molecule has 0 bridgehead atoms. The summed E-state index contributed by atoms with van der Waals surface area (Å²) < 4.78 is 2.14. The fourth-order valence-electron chi connectivity index (χ4n) is 3.06. The average Bonchev–Trinajstić information content (AvgIpc) is 2.71. The largest absolute Gasteiger partial charge is 0.330 e. The Kier molecular flexibility index (Phi) is 3.95. The lowest BCUT2D eigenvalue weighted by Gasteiger charge is -2.24. The van der Waals surface area contributed by atoms with Gasteiger partial charge >= 0.3 is 0 Å². The average molecular weight is 288 g/mol. The van der Waals surface area contributed by atoms with Crippen molar-refractivity contribution >= 4 is 23.8 Å². The van der Waals surface area contributed by atoms with Crippen LogP contribution in [-0.4, -0.2) is 23.0 Å². The van der Waals surface area contributed by atoms with Gasteiger partial charge in [-0.05, 0) is 37.1 Å². The maximum atomic E-state index is 9.13. The van der Waals surface area contributed by atoms with Crippen molar-refractivity contribution in [2.75, 3.05) is 13.1 Å².